The Bertz CT molecular complexity index is 486. The molecule has 0 spiro atoms. The molecule has 0 amide bonds. The summed E-state index contributed by atoms with van der Waals surface area (Å²) in [6, 6.07) is 0. The monoisotopic (exact) mass is 323 g/mol. The van der Waals surface area contributed by atoms with Gasteiger partial charge in [-0.15, -0.1) is 11.3 Å². The summed E-state index contributed by atoms with van der Waals surface area (Å²) in [6.07, 6.45) is 1.31. The van der Waals surface area contributed by atoms with Gasteiger partial charge in [-0.25, -0.2) is 9.98 Å². The van der Waals surface area contributed by atoms with E-state index in [1.807, 2.05) is 19.0 Å². The van der Waals surface area contributed by atoms with Crippen LogP contribution < -0.4 is 10.2 Å². The number of guanidine groups is 1. The number of anilines is 1. The molecule has 2 rings (SSSR count). The van der Waals surface area contributed by atoms with Gasteiger partial charge in [0.05, 0.1) is 12.2 Å². The van der Waals surface area contributed by atoms with Crippen LogP contribution in [0.4, 0.5) is 5.13 Å². The first-order valence-electron chi connectivity index (χ1n) is 8.14. The van der Waals surface area contributed by atoms with Crippen LogP contribution >= 0.6 is 11.3 Å². The summed E-state index contributed by atoms with van der Waals surface area (Å²) in [6.45, 7) is 10.5. The van der Waals surface area contributed by atoms with E-state index in [0.717, 1.165) is 48.3 Å². The molecule has 22 heavy (non-hydrogen) atoms. The van der Waals surface area contributed by atoms with Gasteiger partial charge in [0.25, 0.3) is 0 Å². The van der Waals surface area contributed by atoms with Crippen molar-refractivity contribution in [1.82, 2.24) is 15.2 Å². The molecule has 5 nitrogen and oxygen atoms in total. The summed E-state index contributed by atoms with van der Waals surface area (Å²) in [4.78, 5) is 13.9. The number of rotatable bonds is 4. The Hall–Kier alpha value is -1.30. The topological polar surface area (TPSA) is 43.8 Å². The number of aromatic nitrogens is 1. The maximum absolute atomic E-state index is 4.81. The summed E-state index contributed by atoms with van der Waals surface area (Å²) in [5, 5.41) is 6.57. The Kier molecular flexibility index (Phi) is 6.06. The summed E-state index contributed by atoms with van der Waals surface area (Å²) in [5.74, 6) is 2.49. The van der Waals surface area contributed by atoms with E-state index in [0.29, 0.717) is 6.54 Å². The van der Waals surface area contributed by atoms with E-state index in [1.54, 1.807) is 11.3 Å². The first-order valence-corrected chi connectivity index (χ1v) is 9.02. The van der Waals surface area contributed by atoms with Gasteiger partial charge in [0.15, 0.2) is 11.1 Å². The lowest BCUT2D eigenvalue weighted by Crippen LogP contribution is -2.48. The number of piperidine rings is 1. The van der Waals surface area contributed by atoms with Crippen molar-refractivity contribution in [3.05, 3.63) is 11.1 Å². The van der Waals surface area contributed by atoms with E-state index in [2.05, 4.69) is 41.4 Å². The van der Waals surface area contributed by atoms with Crippen LogP contribution in [0.25, 0.3) is 0 Å². The second kappa shape index (κ2) is 7.81. The average Bonchev–Trinajstić information content (AvgIpc) is 2.91. The molecule has 0 aliphatic carbocycles. The van der Waals surface area contributed by atoms with E-state index in [4.69, 9.17) is 4.99 Å². The van der Waals surface area contributed by atoms with Gasteiger partial charge in [-0.1, -0.05) is 13.8 Å². The molecule has 1 aromatic rings. The fraction of sp³-hybridized carbons (Fsp3) is 0.750. The molecule has 1 N–H and O–H groups in total. The molecule has 1 aromatic heterocycles. The van der Waals surface area contributed by atoms with Gasteiger partial charge in [-0.3, -0.25) is 0 Å². The molecule has 1 saturated heterocycles. The van der Waals surface area contributed by atoms with Gasteiger partial charge in [0.2, 0.25) is 0 Å². The lowest BCUT2D eigenvalue weighted by Gasteiger charge is -2.37. The highest BCUT2D eigenvalue weighted by Crippen LogP contribution is 2.21. The Balaban J connectivity index is 2.05. The van der Waals surface area contributed by atoms with E-state index in [9.17, 15) is 0 Å². The predicted octanol–water partition coefficient (Wildman–Crippen LogP) is 2.65. The minimum atomic E-state index is 0.645. The molecule has 0 aromatic carbocycles. The number of thiazole rings is 1. The molecule has 124 valence electrons. The van der Waals surface area contributed by atoms with Crippen molar-refractivity contribution in [2.45, 2.75) is 33.7 Å². The number of aliphatic imine (C=N–C) groups is 1. The number of hydrogen-bond donors (Lipinski definition) is 1. The summed E-state index contributed by atoms with van der Waals surface area (Å²) in [5.41, 5.74) is 1.04. The van der Waals surface area contributed by atoms with E-state index in [-0.39, 0.29) is 0 Å². The molecular formula is C16H29N5S. The molecule has 2 unspecified atom stereocenters. The van der Waals surface area contributed by atoms with E-state index >= 15 is 0 Å². The third-order valence-electron chi connectivity index (χ3n) is 3.82. The van der Waals surface area contributed by atoms with Gasteiger partial charge >= 0.3 is 0 Å². The van der Waals surface area contributed by atoms with Crippen molar-refractivity contribution in [2.24, 2.45) is 16.8 Å². The van der Waals surface area contributed by atoms with Gasteiger partial charge in [-0.2, -0.15) is 0 Å². The van der Waals surface area contributed by atoms with Crippen LogP contribution in [-0.4, -0.2) is 49.6 Å². The van der Waals surface area contributed by atoms with Crippen LogP contribution in [0.2, 0.25) is 0 Å². The van der Waals surface area contributed by atoms with Gasteiger partial charge < -0.3 is 15.1 Å². The zero-order valence-electron chi connectivity index (χ0n) is 14.5. The van der Waals surface area contributed by atoms with E-state index in [1.165, 1.54) is 6.42 Å². The molecule has 1 aliphatic rings. The maximum Gasteiger partial charge on any atom is 0.194 e. The fourth-order valence-electron chi connectivity index (χ4n) is 2.99. The summed E-state index contributed by atoms with van der Waals surface area (Å²) < 4.78 is 0. The molecule has 1 fully saturated rings. The number of likely N-dealkylation sites (tertiary alicyclic amines) is 1. The maximum atomic E-state index is 4.81. The third kappa shape index (κ3) is 4.60. The second-order valence-corrected chi connectivity index (χ2v) is 7.37. The summed E-state index contributed by atoms with van der Waals surface area (Å²) >= 11 is 1.67. The molecule has 1 aliphatic heterocycles. The molecule has 0 radical (unpaired) electrons. The molecule has 2 atom stereocenters. The highest BCUT2D eigenvalue weighted by molar-refractivity contribution is 7.13. The minimum absolute atomic E-state index is 0.645. The lowest BCUT2D eigenvalue weighted by atomic mass is 9.92. The van der Waals surface area contributed by atoms with Gasteiger partial charge in [0.1, 0.15) is 0 Å². The number of nitrogens with one attached hydrogen (secondary N) is 1. The molecule has 2 heterocycles. The first-order chi connectivity index (χ1) is 10.5. The van der Waals surface area contributed by atoms with Gasteiger partial charge in [-0.05, 0) is 25.2 Å². The van der Waals surface area contributed by atoms with Crippen LogP contribution in [0.5, 0.6) is 0 Å². The van der Waals surface area contributed by atoms with Crippen molar-refractivity contribution in [3.8, 4) is 0 Å². The predicted molar refractivity (Wildman–Crippen MR) is 95.8 cm³/mol. The third-order valence-corrected chi connectivity index (χ3v) is 4.87. The SMILES string of the molecule is CCNC(=NCc1csc(N(C)C)n1)N1CC(C)CC(C)C1. The Morgan fingerprint density at radius 3 is 2.64 bits per heavy atom. The van der Waals surface area contributed by atoms with Crippen LogP contribution in [0.15, 0.2) is 10.4 Å². The molecule has 6 heteroatoms. The molecule has 0 saturated carbocycles. The van der Waals surface area contributed by atoms with Crippen LogP contribution in [0, 0.1) is 11.8 Å². The van der Waals surface area contributed by atoms with E-state index < -0.39 is 0 Å². The van der Waals surface area contributed by atoms with Crippen LogP contribution in [-0.2, 0) is 6.54 Å². The molecule has 0 bridgehead atoms. The second-order valence-electron chi connectivity index (χ2n) is 6.54. The van der Waals surface area contributed by atoms with Crippen molar-refractivity contribution in [1.29, 1.82) is 0 Å². The molecular weight excluding hydrogens is 294 g/mol. The highest BCUT2D eigenvalue weighted by Gasteiger charge is 2.23. The first kappa shape index (κ1) is 17.1. The standard InChI is InChI=1S/C16H29N5S/c1-6-17-15(21-9-12(2)7-13(3)10-21)18-8-14-11-22-16(19-14)20(4)5/h11-13H,6-10H2,1-5H3,(H,17,18). The van der Waals surface area contributed by atoms with Crippen LogP contribution in [0.1, 0.15) is 32.9 Å². The fourth-order valence-corrected chi connectivity index (χ4v) is 3.74. The van der Waals surface area contributed by atoms with Crippen LogP contribution in [0.3, 0.4) is 0 Å². The normalized spacial score (nSPS) is 22.8. The number of nitrogens with zero attached hydrogens (tertiary/aromatic N) is 4. The Morgan fingerprint density at radius 2 is 2.09 bits per heavy atom. The zero-order chi connectivity index (χ0) is 16.1. The summed E-state index contributed by atoms with van der Waals surface area (Å²) in [7, 11) is 4.04. The number of hydrogen-bond acceptors (Lipinski definition) is 4. The van der Waals surface area contributed by atoms with Crippen molar-refractivity contribution >= 4 is 22.4 Å². The Morgan fingerprint density at radius 1 is 1.41 bits per heavy atom. The minimum Gasteiger partial charge on any atom is -0.357 e. The Labute approximate surface area is 138 Å². The van der Waals surface area contributed by atoms with Crippen molar-refractivity contribution < 1.29 is 0 Å². The zero-order valence-corrected chi connectivity index (χ0v) is 15.3. The van der Waals surface area contributed by atoms with Crippen molar-refractivity contribution in [2.75, 3.05) is 38.6 Å². The quantitative estimate of drug-likeness (QED) is 0.683. The van der Waals surface area contributed by atoms with Crippen molar-refractivity contribution in [3.63, 3.8) is 0 Å². The van der Waals surface area contributed by atoms with Gasteiger partial charge in [0, 0.05) is 39.1 Å². The largest absolute Gasteiger partial charge is 0.357 e. The average molecular weight is 324 g/mol. The smallest absolute Gasteiger partial charge is 0.194 e. The lowest BCUT2D eigenvalue weighted by molar-refractivity contribution is 0.208. The highest BCUT2D eigenvalue weighted by atomic mass is 32.1.